The molecule has 3 aromatic rings. The van der Waals surface area contributed by atoms with Crippen molar-refractivity contribution in [3.05, 3.63) is 64.1 Å². The zero-order chi connectivity index (χ0) is 24.3. The van der Waals surface area contributed by atoms with Crippen molar-refractivity contribution in [1.29, 1.82) is 0 Å². The first-order valence-electron chi connectivity index (χ1n) is 10.3. The topological polar surface area (TPSA) is 144 Å². The number of sulfonamides is 1. The van der Waals surface area contributed by atoms with Gasteiger partial charge in [0, 0.05) is 24.2 Å². The van der Waals surface area contributed by atoms with E-state index in [0.29, 0.717) is 24.0 Å². The summed E-state index contributed by atoms with van der Waals surface area (Å²) in [6.45, 7) is 5.34. The summed E-state index contributed by atoms with van der Waals surface area (Å²) in [5.41, 5.74) is 5.65. The maximum atomic E-state index is 12.8. The van der Waals surface area contributed by atoms with Gasteiger partial charge in [0.15, 0.2) is 5.69 Å². The van der Waals surface area contributed by atoms with E-state index in [4.69, 9.17) is 5.73 Å². The third-order valence-corrected chi connectivity index (χ3v) is 7.27. The molecule has 0 aliphatic rings. The van der Waals surface area contributed by atoms with Gasteiger partial charge in [-0.3, -0.25) is 14.4 Å². The number of rotatable bonds is 8. The van der Waals surface area contributed by atoms with Crippen LogP contribution in [0.2, 0.25) is 0 Å². The number of anilines is 1. The Labute approximate surface area is 191 Å². The van der Waals surface area contributed by atoms with E-state index in [1.54, 1.807) is 45.0 Å². The number of nitrogens with two attached hydrogens (primary N) is 1. The van der Waals surface area contributed by atoms with E-state index in [0.717, 1.165) is 4.68 Å². The normalized spacial score (nSPS) is 11.6. The van der Waals surface area contributed by atoms with Gasteiger partial charge in [0.1, 0.15) is 6.54 Å². The third kappa shape index (κ3) is 4.78. The van der Waals surface area contributed by atoms with Crippen molar-refractivity contribution in [2.24, 2.45) is 5.73 Å². The highest BCUT2D eigenvalue weighted by Gasteiger charge is 2.23. The predicted octanol–water partition coefficient (Wildman–Crippen LogP) is 1.47. The first-order valence-corrected chi connectivity index (χ1v) is 11.7. The second-order valence-corrected chi connectivity index (χ2v) is 9.27. The van der Waals surface area contributed by atoms with Crippen LogP contribution >= 0.6 is 0 Å². The van der Waals surface area contributed by atoms with Crippen LogP contribution in [-0.2, 0) is 21.4 Å². The van der Waals surface area contributed by atoms with Crippen LogP contribution < -0.4 is 16.6 Å². The first-order chi connectivity index (χ1) is 15.6. The fourth-order valence-electron chi connectivity index (χ4n) is 3.46. The van der Waals surface area contributed by atoms with Crippen molar-refractivity contribution in [3.63, 3.8) is 0 Å². The van der Waals surface area contributed by atoms with Crippen molar-refractivity contribution in [3.8, 4) is 0 Å². The second kappa shape index (κ2) is 9.51. The Bertz CT molecular complexity index is 1390. The molecule has 2 aromatic carbocycles. The molecule has 0 aliphatic carbocycles. The molecule has 0 bridgehead atoms. The zero-order valence-electron chi connectivity index (χ0n) is 18.5. The van der Waals surface area contributed by atoms with Crippen molar-refractivity contribution in [1.82, 2.24) is 14.1 Å². The number of nitrogens with one attached hydrogen (secondary N) is 1. The highest BCUT2D eigenvalue weighted by atomic mass is 32.2. The van der Waals surface area contributed by atoms with Crippen LogP contribution in [0.3, 0.4) is 0 Å². The summed E-state index contributed by atoms with van der Waals surface area (Å²) in [5.74, 6) is -1.44. The molecular weight excluding hydrogens is 446 g/mol. The molecule has 2 amide bonds. The number of carbonyl (C=O) groups is 2. The maximum Gasteiger partial charge on any atom is 0.275 e. The molecule has 0 atom stereocenters. The molecule has 1 heterocycles. The van der Waals surface area contributed by atoms with Crippen LogP contribution in [0.15, 0.2) is 52.2 Å². The molecule has 0 fully saturated rings. The molecule has 0 unspecified atom stereocenters. The average Bonchev–Trinajstić information content (AvgIpc) is 2.77. The molecule has 3 N–H and O–H groups in total. The molecule has 1 aromatic heterocycles. The van der Waals surface area contributed by atoms with Gasteiger partial charge >= 0.3 is 0 Å². The Balaban J connectivity index is 1.94. The summed E-state index contributed by atoms with van der Waals surface area (Å²) in [4.78, 5) is 37.4. The Morgan fingerprint density at radius 3 is 2.33 bits per heavy atom. The van der Waals surface area contributed by atoms with Crippen LogP contribution in [-0.4, -0.2) is 47.4 Å². The van der Waals surface area contributed by atoms with Crippen LogP contribution in [0, 0.1) is 6.92 Å². The second-order valence-electron chi connectivity index (χ2n) is 7.34. The Morgan fingerprint density at radius 1 is 1.09 bits per heavy atom. The van der Waals surface area contributed by atoms with Crippen LogP contribution in [0.25, 0.3) is 10.8 Å². The summed E-state index contributed by atoms with van der Waals surface area (Å²) in [5, 5.41) is 7.11. The standard InChI is InChI=1S/C22H25N5O5S/c1-4-26(5-2)33(31,32)15-11-10-14(3)18(12-15)24-19(28)13-27-22(30)17-9-7-6-8-16(17)20(25-27)21(23)29/h6-12H,4-5,13H2,1-3H3,(H2,23,29)(H,24,28). The lowest BCUT2D eigenvalue weighted by Gasteiger charge is -2.19. The number of carbonyl (C=O) groups excluding carboxylic acids is 2. The Hall–Kier alpha value is -3.57. The summed E-state index contributed by atoms with van der Waals surface area (Å²) >= 11 is 0. The number of nitrogens with zero attached hydrogens (tertiary/aromatic N) is 3. The Morgan fingerprint density at radius 2 is 1.73 bits per heavy atom. The molecule has 0 spiro atoms. The minimum atomic E-state index is -3.72. The fraction of sp³-hybridized carbons (Fsp3) is 0.273. The minimum Gasteiger partial charge on any atom is -0.364 e. The van der Waals surface area contributed by atoms with Gasteiger partial charge in [-0.05, 0) is 30.7 Å². The molecule has 0 saturated heterocycles. The van der Waals surface area contributed by atoms with E-state index in [9.17, 15) is 22.8 Å². The molecule has 3 rings (SSSR count). The Kier molecular flexibility index (Phi) is 6.94. The highest BCUT2D eigenvalue weighted by molar-refractivity contribution is 7.89. The summed E-state index contributed by atoms with van der Waals surface area (Å²) in [6.07, 6.45) is 0. The number of primary amides is 1. The van der Waals surface area contributed by atoms with E-state index in [-0.39, 0.29) is 21.7 Å². The lowest BCUT2D eigenvalue weighted by Crippen LogP contribution is -2.32. The third-order valence-electron chi connectivity index (χ3n) is 5.22. The van der Waals surface area contributed by atoms with Crippen molar-refractivity contribution >= 4 is 38.3 Å². The number of fused-ring (bicyclic) bond motifs is 1. The van der Waals surface area contributed by atoms with E-state index in [2.05, 4.69) is 10.4 Å². The molecule has 10 nitrogen and oxygen atoms in total. The zero-order valence-corrected chi connectivity index (χ0v) is 19.3. The van der Waals surface area contributed by atoms with Gasteiger partial charge < -0.3 is 11.1 Å². The molecule has 174 valence electrons. The van der Waals surface area contributed by atoms with Crippen molar-refractivity contribution in [2.45, 2.75) is 32.2 Å². The average molecular weight is 472 g/mol. The number of amides is 2. The lowest BCUT2D eigenvalue weighted by molar-refractivity contribution is -0.117. The number of hydrogen-bond donors (Lipinski definition) is 2. The van der Waals surface area contributed by atoms with Crippen LogP contribution in [0.1, 0.15) is 29.9 Å². The summed E-state index contributed by atoms with van der Waals surface area (Å²) in [6, 6.07) is 10.8. The van der Waals surface area contributed by atoms with Gasteiger partial charge in [-0.15, -0.1) is 0 Å². The molecular formula is C22H25N5O5S. The molecule has 0 saturated carbocycles. The van der Waals surface area contributed by atoms with Crippen molar-refractivity contribution < 1.29 is 18.0 Å². The number of benzene rings is 2. The highest BCUT2D eigenvalue weighted by Crippen LogP contribution is 2.23. The molecule has 0 aliphatic heterocycles. The number of aryl methyl sites for hydroxylation is 1. The maximum absolute atomic E-state index is 12.8. The molecule has 0 radical (unpaired) electrons. The van der Waals surface area contributed by atoms with E-state index >= 15 is 0 Å². The largest absolute Gasteiger partial charge is 0.364 e. The summed E-state index contributed by atoms with van der Waals surface area (Å²) < 4.78 is 27.8. The first kappa shape index (κ1) is 24.1. The van der Waals surface area contributed by atoms with Gasteiger partial charge in [-0.2, -0.15) is 9.40 Å². The number of hydrogen-bond acceptors (Lipinski definition) is 6. The minimum absolute atomic E-state index is 0.0455. The van der Waals surface area contributed by atoms with E-state index < -0.39 is 33.9 Å². The SMILES string of the molecule is CCN(CC)S(=O)(=O)c1ccc(C)c(NC(=O)Cn2nc(C(N)=O)c3ccccc3c2=O)c1. The molecule has 33 heavy (non-hydrogen) atoms. The predicted molar refractivity (Wildman–Crippen MR) is 124 cm³/mol. The summed E-state index contributed by atoms with van der Waals surface area (Å²) in [7, 11) is -3.72. The molecule has 11 heteroatoms. The van der Waals surface area contributed by atoms with Crippen LogP contribution in [0.5, 0.6) is 0 Å². The van der Waals surface area contributed by atoms with E-state index in [1.807, 2.05) is 0 Å². The lowest BCUT2D eigenvalue weighted by atomic mass is 10.1. The smallest absolute Gasteiger partial charge is 0.275 e. The quantitative estimate of drug-likeness (QED) is 0.509. The fourth-order valence-corrected chi connectivity index (χ4v) is 4.94. The van der Waals surface area contributed by atoms with Crippen LogP contribution in [0.4, 0.5) is 5.69 Å². The van der Waals surface area contributed by atoms with Gasteiger partial charge in [0.05, 0.1) is 10.3 Å². The number of aromatic nitrogens is 2. The van der Waals surface area contributed by atoms with Crippen molar-refractivity contribution in [2.75, 3.05) is 18.4 Å². The van der Waals surface area contributed by atoms with Gasteiger partial charge in [-0.1, -0.05) is 38.1 Å². The van der Waals surface area contributed by atoms with E-state index in [1.165, 1.54) is 22.5 Å². The monoisotopic (exact) mass is 471 g/mol. The van der Waals surface area contributed by atoms with Gasteiger partial charge in [-0.25, -0.2) is 13.1 Å². The van der Waals surface area contributed by atoms with Gasteiger partial charge in [0.2, 0.25) is 15.9 Å². The van der Waals surface area contributed by atoms with Gasteiger partial charge in [0.25, 0.3) is 11.5 Å².